The summed E-state index contributed by atoms with van der Waals surface area (Å²) in [6.45, 7) is 8.51. The van der Waals surface area contributed by atoms with Crippen LogP contribution in [0.5, 0.6) is 0 Å². The molecule has 0 saturated heterocycles. The Morgan fingerprint density at radius 1 is 1.41 bits per heavy atom. The van der Waals surface area contributed by atoms with E-state index in [2.05, 4.69) is 25.2 Å². The maximum absolute atomic E-state index is 11.7. The van der Waals surface area contributed by atoms with E-state index >= 15 is 0 Å². The first-order chi connectivity index (χ1) is 8.41. The van der Waals surface area contributed by atoms with Gasteiger partial charge >= 0.3 is 5.97 Å². The first-order valence-corrected chi connectivity index (χ1v) is 9.13. The largest absolute Gasteiger partial charge is 0.466 e. The van der Waals surface area contributed by atoms with E-state index in [0.717, 1.165) is 0 Å². The molecule has 0 unspecified atom stereocenters. The lowest BCUT2D eigenvalue weighted by molar-refractivity contribution is -0.143. The maximum atomic E-state index is 11.7. The fourth-order valence-corrected chi connectivity index (χ4v) is 3.86. The Balaban J connectivity index is 2.88. The number of benzene rings is 1. The highest BCUT2D eigenvalue weighted by atomic mass is 28.3. The first kappa shape index (κ1) is 12.4. The van der Waals surface area contributed by atoms with Crippen molar-refractivity contribution in [2.45, 2.75) is 38.9 Å². The second-order valence-corrected chi connectivity index (χ2v) is 9.73. The SMILES string of the molecule is [2H][C@@H](C(=O)OCC)[C@H](C)[Si](C)(C)c1ccccc1. The molecule has 2 nitrogen and oxygen atoms in total. The van der Waals surface area contributed by atoms with Crippen LogP contribution in [0, 0.1) is 0 Å². The molecule has 1 rings (SSSR count). The third-order valence-corrected chi connectivity index (χ3v) is 7.59. The minimum atomic E-state index is -1.83. The van der Waals surface area contributed by atoms with Crippen molar-refractivity contribution >= 4 is 19.2 Å². The summed E-state index contributed by atoms with van der Waals surface area (Å²) in [5.41, 5.74) is 0.0268. The van der Waals surface area contributed by atoms with Gasteiger partial charge in [-0.3, -0.25) is 4.79 Å². The van der Waals surface area contributed by atoms with E-state index in [1.807, 2.05) is 25.1 Å². The molecule has 1 aromatic carbocycles. The van der Waals surface area contributed by atoms with Crippen molar-refractivity contribution in [1.29, 1.82) is 0 Å². The second kappa shape index (κ2) is 6.01. The zero-order valence-corrected chi connectivity index (χ0v) is 12.1. The van der Waals surface area contributed by atoms with Gasteiger partial charge < -0.3 is 4.74 Å². The van der Waals surface area contributed by atoms with Crippen LogP contribution in [0.15, 0.2) is 30.3 Å². The van der Waals surface area contributed by atoms with Crippen LogP contribution in [0.25, 0.3) is 0 Å². The zero-order valence-electron chi connectivity index (χ0n) is 12.1. The van der Waals surface area contributed by atoms with Crippen LogP contribution in [0.4, 0.5) is 0 Å². The summed E-state index contributed by atoms with van der Waals surface area (Å²) in [7, 11) is -1.83. The molecule has 0 aliphatic rings. The lowest BCUT2D eigenvalue weighted by Gasteiger charge is -2.29. The van der Waals surface area contributed by atoms with Gasteiger partial charge in [-0.2, -0.15) is 0 Å². The van der Waals surface area contributed by atoms with Gasteiger partial charge in [0.1, 0.15) is 0 Å². The Hall–Kier alpha value is -1.09. The van der Waals surface area contributed by atoms with E-state index in [1.54, 1.807) is 6.92 Å². The Morgan fingerprint density at radius 3 is 2.53 bits per heavy atom. The molecule has 0 heterocycles. The molecule has 2 atom stereocenters. The summed E-state index contributed by atoms with van der Waals surface area (Å²) < 4.78 is 13.0. The van der Waals surface area contributed by atoms with Crippen molar-refractivity contribution < 1.29 is 10.9 Å². The van der Waals surface area contributed by atoms with Crippen LogP contribution < -0.4 is 5.19 Å². The lowest BCUT2D eigenvalue weighted by Crippen LogP contribution is -2.45. The predicted octanol–water partition coefficient (Wildman–Crippen LogP) is 2.95. The van der Waals surface area contributed by atoms with Crippen molar-refractivity contribution in [3.63, 3.8) is 0 Å². The smallest absolute Gasteiger partial charge is 0.305 e. The number of rotatable bonds is 5. The Kier molecular flexibility index (Phi) is 4.37. The second-order valence-electron chi connectivity index (χ2n) is 4.80. The third-order valence-electron chi connectivity index (χ3n) is 3.33. The monoisotopic (exact) mass is 251 g/mol. The summed E-state index contributed by atoms with van der Waals surface area (Å²) >= 11 is 0. The molecule has 0 bridgehead atoms. The summed E-state index contributed by atoms with van der Waals surface area (Å²) in [6, 6.07) is 10.2. The Labute approximate surface area is 106 Å². The minimum absolute atomic E-state index is 0.0268. The normalized spacial score (nSPS) is 15.9. The van der Waals surface area contributed by atoms with Crippen LogP contribution in [0.2, 0.25) is 18.6 Å². The molecule has 0 N–H and O–H groups in total. The van der Waals surface area contributed by atoms with E-state index in [4.69, 9.17) is 6.11 Å². The molecule has 94 valence electrons. The predicted molar refractivity (Wildman–Crippen MR) is 74.2 cm³/mol. The van der Waals surface area contributed by atoms with Gasteiger partial charge in [-0.05, 0) is 12.5 Å². The summed E-state index contributed by atoms with van der Waals surface area (Å²) in [4.78, 5) is 11.7. The molecule has 0 aliphatic heterocycles. The molecular formula is C14H22O2Si. The molecule has 0 fully saturated rings. The van der Waals surface area contributed by atoms with E-state index in [0.29, 0.717) is 6.61 Å². The van der Waals surface area contributed by atoms with Crippen LogP contribution in [-0.2, 0) is 9.53 Å². The number of esters is 1. The molecule has 0 aliphatic carbocycles. The van der Waals surface area contributed by atoms with Crippen molar-refractivity contribution in [2.75, 3.05) is 6.61 Å². The molecule has 0 spiro atoms. The van der Waals surface area contributed by atoms with Crippen molar-refractivity contribution in [3.05, 3.63) is 30.3 Å². The van der Waals surface area contributed by atoms with Gasteiger partial charge in [0.2, 0.25) is 0 Å². The number of carbonyl (C=O) groups is 1. The van der Waals surface area contributed by atoms with Crippen molar-refractivity contribution in [3.8, 4) is 0 Å². The average Bonchev–Trinajstić information content (AvgIpc) is 2.38. The van der Waals surface area contributed by atoms with Gasteiger partial charge in [0.15, 0.2) is 0 Å². The first-order valence-electron chi connectivity index (χ1n) is 6.63. The number of hydrogen-bond donors (Lipinski definition) is 0. The summed E-state index contributed by atoms with van der Waals surface area (Å²) in [5.74, 6) is -0.401. The molecular weight excluding hydrogens is 228 g/mol. The topological polar surface area (TPSA) is 26.3 Å². The molecule has 3 heteroatoms. The molecule has 0 amide bonds. The van der Waals surface area contributed by atoms with Crippen LogP contribution in [0.1, 0.15) is 21.6 Å². The Bertz CT molecular complexity index is 392. The van der Waals surface area contributed by atoms with E-state index < -0.39 is 20.4 Å². The van der Waals surface area contributed by atoms with Crippen LogP contribution in [-0.4, -0.2) is 20.7 Å². The fraction of sp³-hybridized carbons (Fsp3) is 0.500. The maximum Gasteiger partial charge on any atom is 0.305 e. The van der Waals surface area contributed by atoms with Crippen molar-refractivity contribution in [1.82, 2.24) is 0 Å². The number of hydrogen-bond acceptors (Lipinski definition) is 2. The standard InChI is InChI=1S/C14H22O2Si/c1-5-16-14(15)11-12(2)17(3,4)13-9-7-6-8-10-13/h6-10,12H,5,11H2,1-4H3/t12-/m0/s1/i11D/t11-,12+/m1. The molecule has 0 radical (unpaired) electrons. The highest BCUT2D eigenvalue weighted by Crippen LogP contribution is 2.25. The highest BCUT2D eigenvalue weighted by Gasteiger charge is 2.31. The van der Waals surface area contributed by atoms with Gasteiger partial charge in [-0.1, -0.05) is 55.5 Å². The minimum Gasteiger partial charge on any atom is -0.466 e. The number of ether oxygens (including phenoxy) is 1. The summed E-state index contributed by atoms with van der Waals surface area (Å²) in [6.07, 6.45) is -0.785. The third kappa shape index (κ3) is 3.70. The summed E-state index contributed by atoms with van der Waals surface area (Å²) in [5, 5.41) is 1.28. The molecule has 0 saturated carbocycles. The molecule has 17 heavy (non-hydrogen) atoms. The van der Waals surface area contributed by atoms with Gasteiger partial charge in [0.25, 0.3) is 0 Å². The zero-order chi connectivity index (χ0) is 13.8. The van der Waals surface area contributed by atoms with Gasteiger partial charge in [-0.15, -0.1) is 0 Å². The molecule has 0 aromatic heterocycles. The fourth-order valence-electron chi connectivity index (χ4n) is 1.73. The quantitative estimate of drug-likeness (QED) is 0.594. The molecule has 1 aromatic rings. The van der Waals surface area contributed by atoms with Crippen LogP contribution >= 0.6 is 0 Å². The van der Waals surface area contributed by atoms with E-state index in [9.17, 15) is 4.79 Å². The van der Waals surface area contributed by atoms with E-state index in [1.165, 1.54) is 5.19 Å². The van der Waals surface area contributed by atoms with Gasteiger partial charge in [-0.25, -0.2) is 0 Å². The van der Waals surface area contributed by atoms with Gasteiger partial charge in [0.05, 0.1) is 14.7 Å². The van der Waals surface area contributed by atoms with Crippen molar-refractivity contribution in [2.24, 2.45) is 0 Å². The van der Waals surface area contributed by atoms with Gasteiger partial charge in [0, 0.05) is 7.77 Å². The highest BCUT2D eigenvalue weighted by molar-refractivity contribution is 6.91. The Morgan fingerprint density at radius 2 is 2.00 bits per heavy atom. The average molecular weight is 251 g/mol. The van der Waals surface area contributed by atoms with Crippen LogP contribution in [0.3, 0.4) is 0 Å². The number of carbonyl (C=O) groups excluding carboxylic acids is 1. The lowest BCUT2D eigenvalue weighted by atomic mass is 10.3. The van der Waals surface area contributed by atoms with E-state index in [-0.39, 0.29) is 5.54 Å².